The van der Waals surface area contributed by atoms with Gasteiger partial charge in [0.2, 0.25) is 5.91 Å². The summed E-state index contributed by atoms with van der Waals surface area (Å²) in [6.07, 6.45) is 5.33. The minimum atomic E-state index is -0.393. The van der Waals surface area contributed by atoms with Gasteiger partial charge in [0.15, 0.2) is 0 Å². The SMILES string of the molecule is C=C(/C=C(C)\C=C/N)Nc1cccc(-c2ccc(CN(Cc3ccccc3)C(=O)CCC(=O)OC)s2)n1. The van der Waals surface area contributed by atoms with Crippen LogP contribution in [0.1, 0.15) is 30.2 Å². The molecule has 2 aromatic heterocycles. The average Bonchev–Trinajstić information content (AvgIpc) is 3.36. The van der Waals surface area contributed by atoms with Crippen LogP contribution in [0.5, 0.6) is 0 Å². The Labute approximate surface area is 222 Å². The second kappa shape index (κ2) is 13.8. The predicted molar refractivity (Wildman–Crippen MR) is 149 cm³/mol. The minimum Gasteiger partial charge on any atom is -0.469 e. The van der Waals surface area contributed by atoms with Crippen molar-refractivity contribution < 1.29 is 14.3 Å². The number of anilines is 1. The predicted octanol–water partition coefficient (Wildman–Crippen LogP) is 5.64. The summed E-state index contributed by atoms with van der Waals surface area (Å²) in [5.41, 5.74) is 8.96. The van der Waals surface area contributed by atoms with Gasteiger partial charge in [0.05, 0.1) is 30.6 Å². The molecule has 0 saturated carbocycles. The summed E-state index contributed by atoms with van der Waals surface area (Å²) in [4.78, 5) is 33.1. The van der Waals surface area contributed by atoms with Crippen molar-refractivity contribution in [3.8, 4) is 10.6 Å². The Morgan fingerprint density at radius 2 is 1.86 bits per heavy atom. The number of hydrogen-bond acceptors (Lipinski definition) is 7. The Kier molecular flexibility index (Phi) is 10.2. The fourth-order valence-electron chi connectivity index (χ4n) is 3.61. The highest BCUT2D eigenvalue weighted by Gasteiger charge is 2.18. The molecule has 2 heterocycles. The first-order valence-electron chi connectivity index (χ1n) is 11.8. The highest BCUT2D eigenvalue weighted by Crippen LogP contribution is 2.29. The Bertz CT molecular complexity index is 1280. The standard InChI is InChI=1S/C29H32N4O3S/c1-21(16-17-30)18-22(2)31-27-11-7-10-25(32-27)26-13-12-24(37-26)20-33(19-23-8-5-4-6-9-23)28(34)14-15-29(35)36-3/h4-13,16-18H,2,14-15,19-20,30H2,1,3H3,(H,31,32)/b17-16-,21-18-. The molecule has 0 radical (unpaired) electrons. The Balaban J connectivity index is 1.73. The molecule has 37 heavy (non-hydrogen) atoms. The molecule has 8 heteroatoms. The lowest BCUT2D eigenvalue weighted by Gasteiger charge is -2.22. The zero-order chi connectivity index (χ0) is 26.6. The number of carbonyl (C=O) groups is 2. The second-order valence-electron chi connectivity index (χ2n) is 8.38. The van der Waals surface area contributed by atoms with Gasteiger partial charge in [0.1, 0.15) is 5.82 Å². The molecule has 3 rings (SSSR count). The highest BCUT2D eigenvalue weighted by atomic mass is 32.1. The average molecular weight is 517 g/mol. The van der Waals surface area contributed by atoms with Gasteiger partial charge in [-0.25, -0.2) is 4.98 Å². The first kappa shape index (κ1) is 27.4. The molecule has 0 spiro atoms. The molecule has 0 aliphatic carbocycles. The van der Waals surface area contributed by atoms with Gasteiger partial charge in [-0.15, -0.1) is 11.3 Å². The van der Waals surface area contributed by atoms with Crippen LogP contribution >= 0.6 is 11.3 Å². The number of thiophene rings is 1. The lowest BCUT2D eigenvalue weighted by atomic mass is 10.2. The summed E-state index contributed by atoms with van der Waals surface area (Å²) >= 11 is 1.58. The van der Waals surface area contributed by atoms with Crippen molar-refractivity contribution in [2.45, 2.75) is 32.9 Å². The van der Waals surface area contributed by atoms with Crippen LogP contribution in [0.3, 0.4) is 0 Å². The van der Waals surface area contributed by atoms with Gasteiger partial charge in [0.25, 0.3) is 0 Å². The van der Waals surface area contributed by atoms with E-state index < -0.39 is 5.97 Å². The first-order chi connectivity index (χ1) is 17.9. The molecule has 0 saturated heterocycles. The van der Waals surface area contributed by atoms with E-state index in [0.29, 0.717) is 24.6 Å². The second-order valence-corrected chi connectivity index (χ2v) is 9.55. The molecule has 0 aliphatic rings. The van der Waals surface area contributed by atoms with Gasteiger partial charge < -0.3 is 20.7 Å². The molecule has 3 N–H and O–H groups in total. The summed E-state index contributed by atoms with van der Waals surface area (Å²) in [5, 5.41) is 3.21. The van der Waals surface area contributed by atoms with Gasteiger partial charge >= 0.3 is 5.97 Å². The van der Waals surface area contributed by atoms with Crippen LogP contribution in [0.2, 0.25) is 0 Å². The number of hydrogen-bond donors (Lipinski definition) is 2. The van der Waals surface area contributed by atoms with E-state index >= 15 is 0 Å². The topological polar surface area (TPSA) is 97.6 Å². The summed E-state index contributed by atoms with van der Waals surface area (Å²) in [6, 6.07) is 19.6. The number of ether oxygens (including phenoxy) is 1. The molecule has 0 aliphatic heterocycles. The molecule has 7 nitrogen and oxygen atoms in total. The molecule has 0 fully saturated rings. The van der Waals surface area contributed by atoms with Crippen molar-refractivity contribution in [2.24, 2.45) is 5.73 Å². The number of benzene rings is 1. The number of amides is 1. The van der Waals surface area contributed by atoms with Crippen LogP contribution in [-0.4, -0.2) is 28.9 Å². The van der Waals surface area contributed by atoms with Crippen LogP contribution in [-0.2, 0) is 27.4 Å². The fraction of sp³-hybridized carbons (Fsp3) is 0.207. The van der Waals surface area contributed by atoms with Crippen LogP contribution in [0.4, 0.5) is 5.82 Å². The maximum absolute atomic E-state index is 13.0. The van der Waals surface area contributed by atoms with Crippen molar-refractivity contribution in [1.29, 1.82) is 0 Å². The lowest BCUT2D eigenvalue weighted by molar-refractivity contribution is -0.143. The number of methoxy groups -OCH3 is 1. The Morgan fingerprint density at radius 1 is 1.08 bits per heavy atom. The van der Waals surface area contributed by atoms with E-state index in [1.165, 1.54) is 13.3 Å². The van der Waals surface area contributed by atoms with E-state index in [-0.39, 0.29) is 18.7 Å². The maximum Gasteiger partial charge on any atom is 0.306 e. The van der Waals surface area contributed by atoms with E-state index in [1.54, 1.807) is 22.3 Å². The summed E-state index contributed by atoms with van der Waals surface area (Å²) in [6.45, 7) is 6.86. The lowest BCUT2D eigenvalue weighted by Crippen LogP contribution is -2.30. The van der Waals surface area contributed by atoms with E-state index in [4.69, 9.17) is 15.5 Å². The number of carbonyl (C=O) groups excluding carboxylic acids is 2. The molecule has 192 valence electrons. The van der Waals surface area contributed by atoms with Crippen molar-refractivity contribution >= 4 is 29.0 Å². The minimum absolute atomic E-state index is 0.0581. The van der Waals surface area contributed by atoms with Gasteiger partial charge in [-0.05, 0) is 60.7 Å². The highest BCUT2D eigenvalue weighted by molar-refractivity contribution is 7.15. The molecule has 1 amide bonds. The summed E-state index contributed by atoms with van der Waals surface area (Å²) in [7, 11) is 1.33. The van der Waals surface area contributed by atoms with Crippen LogP contribution in [0.25, 0.3) is 10.6 Å². The number of nitrogens with two attached hydrogens (primary N) is 1. The number of nitrogens with zero attached hydrogens (tertiary/aromatic N) is 2. The summed E-state index contributed by atoms with van der Waals surface area (Å²) in [5.74, 6) is 0.192. The van der Waals surface area contributed by atoms with E-state index in [9.17, 15) is 9.59 Å². The van der Waals surface area contributed by atoms with E-state index in [2.05, 4.69) is 11.9 Å². The van der Waals surface area contributed by atoms with Crippen molar-refractivity contribution in [3.63, 3.8) is 0 Å². The van der Waals surface area contributed by atoms with Crippen LogP contribution in [0, 0.1) is 0 Å². The van der Waals surface area contributed by atoms with Crippen molar-refractivity contribution in [1.82, 2.24) is 9.88 Å². The number of rotatable bonds is 12. The van der Waals surface area contributed by atoms with Crippen molar-refractivity contribution in [3.05, 3.63) is 107 Å². The van der Waals surface area contributed by atoms with Gasteiger partial charge in [0, 0.05) is 23.5 Å². The third-order valence-electron chi connectivity index (χ3n) is 5.40. The molecule has 0 bridgehead atoms. The first-order valence-corrected chi connectivity index (χ1v) is 12.7. The normalized spacial score (nSPS) is 11.4. The maximum atomic E-state index is 13.0. The smallest absolute Gasteiger partial charge is 0.306 e. The monoisotopic (exact) mass is 516 g/mol. The zero-order valence-electron chi connectivity index (χ0n) is 21.1. The molecule has 1 aromatic carbocycles. The quantitative estimate of drug-likeness (QED) is 0.239. The number of esters is 1. The largest absolute Gasteiger partial charge is 0.469 e. The van der Waals surface area contributed by atoms with Gasteiger partial charge in [-0.1, -0.05) is 43.0 Å². The zero-order valence-corrected chi connectivity index (χ0v) is 22.0. The third kappa shape index (κ3) is 8.77. The number of allylic oxidation sites excluding steroid dienone is 3. The third-order valence-corrected chi connectivity index (χ3v) is 6.49. The molecular formula is C29H32N4O3S. The molecule has 0 atom stereocenters. The fourth-order valence-corrected chi connectivity index (χ4v) is 4.60. The van der Waals surface area contributed by atoms with Crippen molar-refractivity contribution in [2.75, 3.05) is 12.4 Å². The van der Waals surface area contributed by atoms with Gasteiger partial charge in [-0.3, -0.25) is 9.59 Å². The van der Waals surface area contributed by atoms with E-state index in [0.717, 1.165) is 26.6 Å². The Hall–Kier alpha value is -4.17. The number of aromatic nitrogens is 1. The number of pyridine rings is 1. The number of nitrogens with one attached hydrogen (secondary N) is 1. The van der Waals surface area contributed by atoms with Crippen LogP contribution in [0.15, 0.2) is 96.9 Å². The molecule has 3 aromatic rings. The molecule has 0 unspecified atom stereocenters. The molecular weight excluding hydrogens is 484 g/mol. The van der Waals surface area contributed by atoms with Gasteiger partial charge in [-0.2, -0.15) is 0 Å². The Morgan fingerprint density at radius 3 is 2.59 bits per heavy atom. The van der Waals surface area contributed by atoms with E-state index in [1.807, 2.05) is 73.7 Å². The summed E-state index contributed by atoms with van der Waals surface area (Å²) < 4.78 is 4.70. The van der Waals surface area contributed by atoms with Crippen LogP contribution < -0.4 is 11.1 Å².